The van der Waals surface area contributed by atoms with Crippen LogP contribution in [0.3, 0.4) is 0 Å². The van der Waals surface area contributed by atoms with Crippen LogP contribution in [-0.2, 0) is 4.74 Å². The van der Waals surface area contributed by atoms with Gasteiger partial charge in [0, 0.05) is 0 Å². The van der Waals surface area contributed by atoms with Gasteiger partial charge in [-0.2, -0.15) is 0 Å². The second-order valence-corrected chi connectivity index (χ2v) is 12.8. The van der Waals surface area contributed by atoms with Gasteiger partial charge in [0.25, 0.3) is 0 Å². The molecule has 0 bridgehead atoms. The minimum atomic E-state index is -0.460. The molecule has 3 aliphatic rings. The predicted molar refractivity (Wildman–Crippen MR) is 85.7 cm³/mol. The first kappa shape index (κ1) is 16.6. The van der Waals surface area contributed by atoms with E-state index in [1.54, 1.807) is 0 Å². The van der Waals surface area contributed by atoms with E-state index in [1.165, 1.54) is 37.7 Å². The zero-order chi connectivity index (χ0) is 15.6. The van der Waals surface area contributed by atoms with E-state index in [4.69, 9.17) is 4.74 Å². The summed E-state index contributed by atoms with van der Waals surface area (Å²) >= 11 is 0.840. The number of hydrogen-bond acceptors (Lipinski definition) is 3. The summed E-state index contributed by atoms with van der Waals surface area (Å²) in [6.07, 6.45) is 10.8. The molecule has 0 N–H and O–H groups in total. The molecule has 1 spiro atoms. The molecule has 1 saturated heterocycles. The molecule has 0 atom stereocenters. The second-order valence-electron chi connectivity index (χ2n) is 6.37. The molecular weight excluding hydrogens is 414 g/mol. The summed E-state index contributed by atoms with van der Waals surface area (Å²) in [7, 11) is 1.38. The quantitative estimate of drug-likeness (QED) is 0.592. The van der Waals surface area contributed by atoms with Gasteiger partial charge in [-0.25, -0.2) is 0 Å². The van der Waals surface area contributed by atoms with Crippen LogP contribution in [0.25, 0.3) is 0 Å². The zero-order valence-corrected chi connectivity index (χ0v) is 16.5. The van der Waals surface area contributed by atoms with Crippen molar-refractivity contribution in [2.24, 2.45) is 0 Å². The molecule has 3 fully saturated rings. The van der Waals surface area contributed by atoms with E-state index in [9.17, 15) is 9.59 Å². The van der Waals surface area contributed by atoms with E-state index in [1.807, 2.05) is 0 Å². The molecule has 2 aliphatic carbocycles. The Morgan fingerprint density at radius 2 is 1.73 bits per heavy atom. The first-order valence-electron chi connectivity index (χ1n) is 8.25. The predicted octanol–water partition coefficient (Wildman–Crippen LogP) is 2.72. The van der Waals surface area contributed by atoms with E-state index in [2.05, 4.69) is 3.92 Å². The second kappa shape index (κ2) is 7.12. The number of nitrogens with zero attached hydrogens (tertiary/aromatic N) is 2. The van der Waals surface area contributed by atoms with Gasteiger partial charge in [0.15, 0.2) is 0 Å². The molecule has 0 aromatic rings. The number of carbonyl (C=O) groups is 2. The molecule has 1 aliphatic heterocycles. The fourth-order valence-electron chi connectivity index (χ4n) is 3.70. The van der Waals surface area contributed by atoms with Crippen LogP contribution in [0, 0.1) is 0 Å². The number of rotatable bonds is 1. The first-order valence-corrected chi connectivity index (χ1v) is 14.2. The Morgan fingerprint density at radius 1 is 1.09 bits per heavy atom. The van der Waals surface area contributed by atoms with Crippen molar-refractivity contribution in [3.63, 3.8) is 0 Å². The van der Waals surface area contributed by atoms with Crippen molar-refractivity contribution in [2.75, 3.05) is 7.11 Å². The average molecular weight is 438 g/mol. The summed E-state index contributed by atoms with van der Waals surface area (Å²) in [5.41, 5.74) is 0. The Kier molecular flexibility index (Phi) is 5.39. The third-order valence-electron chi connectivity index (χ3n) is 4.96. The number of urea groups is 1. The Bertz CT molecular complexity index is 435. The van der Waals surface area contributed by atoms with Crippen LogP contribution in [0.15, 0.2) is 0 Å². The molecule has 2 saturated carbocycles. The minimum absolute atomic E-state index is 0.0400. The van der Waals surface area contributed by atoms with E-state index in [-0.39, 0.29) is 29.9 Å². The summed E-state index contributed by atoms with van der Waals surface area (Å²) < 4.78 is 7.12. The van der Waals surface area contributed by atoms with Crippen LogP contribution in [0.5, 0.6) is 0 Å². The van der Waals surface area contributed by atoms with Crippen LogP contribution in [0.4, 0.5) is 9.59 Å². The van der Waals surface area contributed by atoms with Crippen LogP contribution in [0.1, 0.15) is 64.2 Å². The van der Waals surface area contributed by atoms with E-state index >= 15 is 0 Å². The summed E-state index contributed by atoms with van der Waals surface area (Å²) in [6.45, 7) is 0. The van der Waals surface area contributed by atoms with Gasteiger partial charge in [-0.15, -0.1) is 0 Å². The number of ether oxygens (including phenoxy) is 1. The zero-order valence-electron chi connectivity index (χ0n) is 13.1. The maximum atomic E-state index is 13.1. The monoisotopic (exact) mass is 440 g/mol. The Hall–Kier alpha value is -0.221. The SMILES string of the molecule is COC(=O)N(C(=O)N1[Se][Se]C12CCCCC2)C1CCCCC1. The van der Waals surface area contributed by atoms with E-state index in [0.29, 0.717) is 13.1 Å². The molecule has 7 heteroatoms. The van der Waals surface area contributed by atoms with Crippen molar-refractivity contribution in [1.82, 2.24) is 8.82 Å². The molecule has 1 heterocycles. The summed E-state index contributed by atoms with van der Waals surface area (Å²) in [4.78, 5) is 26.8. The Morgan fingerprint density at radius 3 is 2.27 bits per heavy atom. The summed E-state index contributed by atoms with van der Waals surface area (Å²) in [6, 6.07) is -0.0213. The van der Waals surface area contributed by atoms with Crippen LogP contribution in [0.2, 0.25) is 0 Å². The number of imide groups is 1. The number of amides is 3. The van der Waals surface area contributed by atoms with Gasteiger partial charge in [-0.1, -0.05) is 0 Å². The van der Waals surface area contributed by atoms with Gasteiger partial charge < -0.3 is 0 Å². The fraction of sp³-hybridized carbons (Fsp3) is 0.867. The van der Waals surface area contributed by atoms with Gasteiger partial charge in [0.2, 0.25) is 0 Å². The van der Waals surface area contributed by atoms with Gasteiger partial charge in [-0.05, 0) is 0 Å². The van der Waals surface area contributed by atoms with Crippen molar-refractivity contribution in [2.45, 2.75) is 74.7 Å². The van der Waals surface area contributed by atoms with Crippen LogP contribution in [-0.4, -0.2) is 65.0 Å². The number of carbonyl (C=O) groups excluding carboxylic acids is 2. The third kappa shape index (κ3) is 3.06. The molecule has 0 unspecified atom stereocenters. The molecule has 0 aromatic heterocycles. The number of hydrogen-bond donors (Lipinski definition) is 0. The van der Waals surface area contributed by atoms with Crippen molar-refractivity contribution in [1.29, 1.82) is 0 Å². The van der Waals surface area contributed by atoms with Crippen molar-refractivity contribution >= 4 is 38.6 Å². The molecule has 0 aromatic carbocycles. The van der Waals surface area contributed by atoms with E-state index < -0.39 is 6.09 Å². The fourth-order valence-corrected chi connectivity index (χ4v) is 12.7. The van der Waals surface area contributed by atoms with Gasteiger partial charge in [-0.3, -0.25) is 0 Å². The topological polar surface area (TPSA) is 49.9 Å². The van der Waals surface area contributed by atoms with Crippen molar-refractivity contribution in [3.8, 4) is 0 Å². The normalized spacial score (nSPS) is 24.7. The molecule has 22 heavy (non-hydrogen) atoms. The molecule has 0 radical (unpaired) electrons. The third-order valence-corrected chi connectivity index (χ3v) is 14.8. The molecule has 3 amide bonds. The maximum absolute atomic E-state index is 13.1. The van der Waals surface area contributed by atoms with Gasteiger partial charge in [0.1, 0.15) is 0 Å². The van der Waals surface area contributed by atoms with Crippen LogP contribution < -0.4 is 0 Å². The molecule has 3 rings (SSSR count). The Balaban J connectivity index is 1.75. The average Bonchev–Trinajstić information content (AvgIpc) is 2.55. The van der Waals surface area contributed by atoms with Gasteiger partial charge in [0.05, 0.1) is 0 Å². The number of methoxy groups -OCH3 is 1. The molecular formula is C15H24N2O3Se2. The molecule has 124 valence electrons. The van der Waals surface area contributed by atoms with E-state index in [0.717, 1.165) is 38.5 Å². The molecule has 5 nitrogen and oxygen atoms in total. The standard InChI is InChI=1S/C15H24N2O3Se2/c1-20-14(19)16(12-8-4-2-5-9-12)13(18)17-15(21-22-17)10-6-3-7-11-15/h12H,2-11H2,1H3. The summed E-state index contributed by atoms with van der Waals surface area (Å²) in [5.74, 6) is 0. The first-order chi connectivity index (χ1) is 10.7. The Labute approximate surface area is 143 Å². The van der Waals surface area contributed by atoms with Crippen molar-refractivity contribution in [3.05, 3.63) is 0 Å². The summed E-state index contributed by atoms with van der Waals surface area (Å²) in [5, 5.41) is 0. The van der Waals surface area contributed by atoms with Crippen LogP contribution >= 0.6 is 0 Å². The van der Waals surface area contributed by atoms with Gasteiger partial charge >= 0.3 is 144 Å². The van der Waals surface area contributed by atoms with Crippen molar-refractivity contribution < 1.29 is 14.3 Å².